The Morgan fingerprint density at radius 3 is 2.14 bits per heavy atom. The van der Waals surface area contributed by atoms with Gasteiger partial charge in [0.15, 0.2) is 0 Å². The predicted octanol–water partition coefficient (Wildman–Crippen LogP) is 3.18. The summed E-state index contributed by atoms with van der Waals surface area (Å²) in [5.74, 6) is -0.192. The Morgan fingerprint density at radius 2 is 1.54 bits per heavy atom. The highest BCUT2D eigenvalue weighted by Gasteiger charge is 2.17. The number of benzene rings is 1. The lowest BCUT2D eigenvalue weighted by Gasteiger charge is -2.13. The van der Waals surface area contributed by atoms with Crippen molar-refractivity contribution in [3.05, 3.63) is 30.3 Å². The maximum atomic E-state index is 11.9. The zero-order valence-corrected chi connectivity index (χ0v) is 17.6. The van der Waals surface area contributed by atoms with Crippen molar-refractivity contribution in [1.29, 1.82) is 0 Å². The summed E-state index contributed by atoms with van der Waals surface area (Å²) in [6, 6.07) is 7.95. The van der Waals surface area contributed by atoms with Gasteiger partial charge in [0, 0.05) is 0 Å². The van der Waals surface area contributed by atoms with Gasteiger partial charge in [0.25, 0.3) is 10.1 Å². The number of unbranched alkanes of at least 4 members (excludes halogenated alkanes) is 1. The Labute approximate surface area is 168 Å². The minimum Gasteiger partial charge on any atom is -0.463 e. The molecule has 0 saturated heterocycles. The average molecular weight is 417 g/mol. The van der Waals surface area contributed by atoms with Crippen LogP contribution in [0.15, 0.2) is 35.2 Å². The van der Waals surface area contributed by atoms with Gasteiger partial charge >= 0.3 is 5.97 Å². The normalized spacial score (nSPS) is 12.6. The van der Waals surface area contributed by atoms with E-state index in [9.17, 15) is 13.2 Å². The second-order valence-corrected chi connectivity index (χ2v) is 7.84. The number of carbonyl (C=O) groups is 1. The molecule has 1 unspecified atom stereocenters. The molecule has 0 aromatic heterocycles. The Bertz CT molecular complexity index is 631. The van der Waals surface area contributed by atoms with Gasteiger partial charge in [0.2, 0.25) is 0 Å². The van der Waals surface area contributed by atoms with E-state index in [1.807, 2.05) is 6.92 Å². The van der Waals surface area contributed by atoms with Crippen LogP contribution < -0.4 is 0 Å². The van der Waals surface area contributed by atoms with E-state index < -0.39 is 10.1 Å². The maximum Gasteiger partial charge on any atom is 0.308 e. The van der Waals surface area contributed by atoms with Crippen molar-refractivity contribution < 1.29 is 31.6 Å². The van der Waals surface area contributed by atoms with Crippen LogP contribution in [0.2, 0.25) is 0 Å². The SMILES string of the molecule is CCCCC(CC)C(=O)OCCOCCOCCOS(=O)(=O)c1ccccc1. The van der Waals surface area contributed by atoms with Crippen LogP contribution in [0.5, 0.6) is 0 Å². The Morgan fingerprint density at radius 1 is 0.929 bits per heavy atom. The van der Waals surface area contributed by atoms with Crippen molar-refractivity contribution in [3.8, 4) is 0 Å². The quantitative estimate of drug-likeness (QED) is 0.232. The van der Waals surface area contributed by atoms with Gasteiger partial charge < -0.3 is 14.2 Å². The summed E-state index contributed by atoms with van der Waals surface area (Å²) in [7, 11) is -3.75. The molecule has 8 heteroatoms. The van der Waals surface area contributed by atoms with Crippen molar-refractivity contribution in [2.24, 2.45) is 5.92 Å². The van der Waals surface area contributed by atoms with E-state index in [0.29, 0.717) is 19.8 Å². The molecule has 0 radical (unpaired) electrons. The van der Waals surface area contributed by atoms with E-state index in [2.05, 4.69) is 6.92 Å². The Kier molecular flexibility index (Phi) is 12.7. The van der Waals surface area contributed by atoms with Crippen LogP contribution in [-0.4, -0.2) is 54.0 Å². The molecule has 1 atom stereocenters. The fourth-order valence-corrected chi connectivity index (χ4v) is 3.35. The molecule has 160 valence electrons. The molecule has 0 fully saturated rings. The molecule has 7 nitrogen and oxygen atoms in total. The molecule has 0 aliphatic heterocycles. The van der Waals surface area contributed by atoms with E-state index in [0.717, 1.165) is 25.7 Å². The third-order valence-corrected chi connectivity index (χ3v) is 5.40. The van der Waals surface area contributed by atoms with Crippen molar-refractivity contribution in [2.75, 3.05) is 39.6 Å². The highest BCUT2D eigenvalue weighted by Crippen LogP contribution is 2.14. The third-order valence-electron chi connectivity index (χ3n) is 4.07. The molecule has 0 heterocycles. The average Bonchev–Trinajstić information content (AvgIpc) is 2.70. The van der Waals surface area contributed by atoms with Crippen LogP contribution in [0, 0.1) is 5.92 Å². The van der Waals surface area contributed by atoms with Crippen LogP contribution in [0.3, 0.4) is 0 Å². The zero-order chi connectivity index (χ0) is 20.7. The van der Waals surface area contributed by atoms with Gasteiger partial charge in [-0.3, -0.25) is 8.98 Å². The summed E-state index contributed by atoms with van der Waals surface area (Å²) in [5, 5.41) is 0. The minimum absolute atomic E-state index is 0.0320. The van der Waals surface area contributed by atoms with Crippen molar-refractivity contribution >= 4 is 16.1 Å². The lowest BCUT2D eigenvalue weighted by atomic mass is 10.00. The fourth-order valence-electron chi connectivity index (χ4n) is 2.44. The predicted molar refractivity (Wildman–Crippen MR) is 105 cm³/mol. The van der Waals surface area contributed by atoms with Gasteiger partial charge in [-0.25, -0.2) is 0 Å². The Balaban J connectivity index is 2.01. The van der Waals surface area contributed by atoms with Gasteiger partial charge in [0.1, 0.15) is 6.61 Å². The molecule has 0 aliphatic rings. The van der Waals surface area contributed by atoms with E-state index in [1.54, 1.807) is 18.2 Å². The largest absolute Gasteiger partial charge is 0.463 e. The smallest absolute Gasteiger partial charge is 0.308 e. The molecule has 28 heavy (non-hydrogen) atoms. The van der Waals surface area contributed by atoms with Crippen LogP contribution >= 0.6 is 0 Å². The monoisotopic (exact) mass is 416 g/mol. The summed E-state index contributed by atoms with van der Waals surface area (Å²) in [4.78, 5) is 12.0. The number of hydrogen-bond donors (Lipinski definition) is 0. The summed E-state index contributed by atoms with van der Waals surface area (Å²) in [5.41, 5.74) is 0. The summed E-state index contributed by atoms with van der Waals surface area (Å²) < 4.78 is 44.5. The van der Waals surface area contributed by atoms with Gasteiger partial charge in [-0.1, -0.05) is 44.9 Å². The molecule has 0 aliphatic carbocycles. The molecule has 0 spiro atoms. The van der Waals surface area contributed by atoms with Crippen molar-refractivity contribution in [3.63, 3.8) is 0 Å². The second kappa shape index (κ2) is 14.5. The lowest BCUT2D eigenvalue weighted by molar-refractivity contribution is -0.150. The van der Waals surface area contributed by atoms with Crippen molar-refractivity contribution in [2.45, 2.75) is 44.4 Å². The first kappa shape index (κ1) is 24.6. The van der Waals surface area contributed by atoms with Gasteiger partial charge in [0.05, 0.1) is 43.8 Å². The van der Waals surface area contributed by atoms with Crippen molar-refractivity contribution in [1.82, 2.24) is 0 Å². The zero-order valence-electron chi connectivity index (χ0n) is 16.8. The number of esters is 1. The highest BCUT2D eigenvalue weighted by molar-refractivity contribution is 7.86. The van der Waals surface area contributed by atoms with Gasteiger partial charge in [-0.2, -0.15) is 8.42 Å². The van der Waals surface area contributed by atoms with Crippen LogP contribution in [-0.2, 0) is 33.3 Å². The molecule has 0 bridgehead atoms. The standard InChI is InChI=1S/C20H32O7S/c1-3-5-9-18(4-2)20(21)26-16-14-24-12-13-25-15-17-27-28(22,23)19-10-7-6-8-11-19/h6-8,10-11,18H,3-5,9,12-17H2,1-2H3. The van der Waals surface area contributed by atoms with Crippen LogP contribution in [0.4, 0.5) is 0 Å². The van der Waals surface area contributed by atoms with Crippen LogP contribution in [0.25, 0.3) is 0 Å². The fraction of sp³-hybridized carbons (Fsp3) is 0.650. The lowest BCUT2D eigenvalue weighted by Crippen LogP contribution is -2.20. The maximum absolute atomic E-state index is 11.9. The van der Waals surface area contributed by atoms with Gasteiger partial charge in [-0.15, -0.1) is 0 Å². The number of rotatable bonds is 16. The number of hydrogen-bond acceptors (Lipinski definition) is 7. The number of carbonyl (C=O) groups excluding carboxylic acids is 1. The summed E-state index contributed by atoms with van der Waals surface area (Å²) in [6.45, 7) is 5.32. The first-order valence-corrected chi connectivity index (χ1v) is 11.2. The third kappa shape index (κ3) is 10.2. The first-order chi connectivity index (χ1) is 13.5. The number of ether oxygens (including phenoxy) is 3. The molecule has 0 amide bonds. The second-order valence-electron chi connectivity index (χ2n) is 6.23. The first-order valence-electron chi connectivity index (χ1n) is 9.77. The minimum atomic E-state index is -3.75. The van der Waals surface area contributed by atoms with Gasteiger partial charge in [-0.05, 0) is 25.0 Å². The molecule has 1 rings (SSSR count). The molecule has 1 aromatic rings. The molecule has 0 saturated carbocycles. The molecular weight excluding hydrogens is 384 g/mol. The van der Waals surface area contributed by atoms with E-state index in [4.69, 9.17) is 18.4 Å². The van der Waals surface area contributed by atoms with E-state index in [-0.39, 0.29) is 36.6 Å². The molecule has 1 aromatic carbocycles. The molecule has 0 N–H and O–H groups in total. The van der Waals surface area contributed by atoms with Crippen LogP contribution in [0.1, 0.15) is 39.5 Å². The summed E-state index contributed by atoms with van der Waals surface area (Å²) in [6.07, 6.45) is 3.74. The van der Waals surface area contributed by atoms with E-state index in [1.165, 1.54) is 12.1 Å². The highest BCUT2D eigenvalue weighted by atomic mass is 32.2. The Hall–Kier alpha value is -1.48. The summed E-state index contributed by atoms with van der Waals surface area (Å²) >= 11 is 0. The van der Waals surface area contributed by atoms with E-state index >= 15 is 0 Å². The topological polar surface area (TPSA) is 88.1 Å². The molecular formula is C20H32O7S.